The Labute approximate surface area is 152 Å². The number of anilines is 1. The number of likely N-dealkylation sites (tertiary alicyclic amines) is 1. The summed E-state index contributed by atoms with van der Waals surface area (Å²) >= 11 is 1.71. The molecule has 3 rings (SSSR count). The minimum atomic E-state index is -0.0557. The van der Waals surface area contributed by atoms with Gasteiger partial charge in [-0.25, -0.2) is 14.8 Å². The average molecular weight is 359 g/mol. The van der Waals surface area contributed by atoms with Gasteiger partial charge in [-0.2, -0.15) is 0 Å². The molecule has 1 saturated heterocycles. The van der Waals surface area contributed by atoms with Gasteiger partial charge in [-0.1, -0.05) is 6.07 Å². The van der Waals surface area contributed by atoms with Gasteiger partial charge in [-0.15, -0.1) is 11.3 Å². The fraction of sp³-hybridized carbons (Fsp3) is 0.500. The van der Waals surface area contributed by atoms with E-state index in [4.69, 9.17) is 0 Å². The Kier molecular flexibility index (Phi) is 5.65. The number of carbonyl (C=O) groups is 1. The van der Waals surface area contributed by atoms with Crippen LogP contribution >= 0.6 is 11.3 Å². The fourth-order valence-electron chi connectivity index (χ4n) is 3.12. The molecular formula is C18H25N5OS. The number of hydrogen-bond donors (Lipinski definition) is 1. The van der Waals surface area contributed by atoms with Crippen LogP contribution in [0.4, 0.5) is 10.6 Å². The first kappa shape index (κ1) is 17.8. The highest BCUT2D eigenvalue weighted by Gasteiger charge is 2.27. The zero-order chi connectivity index (χ0) is 17.8. The monoisotopic (exact) mass is 359 g/mol. The Morgan fingerprint density at radius 3 is 2.92 bits per heavy atom. The fourth-order valence-corrected chi connectivity index (χ4v) is 3.98. The van der Waals surface area contributed by atoms with Crippen molar-refractivity contribution >= 4 is 23.2 Å². The van der Waals surface area contributed by atoms with Crippen molar-refractivity contribution in [3.8, 4) is 0 Å². The zero-order valence-corrected chi connectivity index (χ0v) is 15.8. The molecule has 2 aromatic rings. The van der Waals surface area contributed by atoms with Crippen molar-refractivity contribution in [3.63, 3.8) is 0 Å². The van der Waals surface area contributed by atoms with E-state index in [0.29, 0.717) is 11.7 Å². The average Bonchev–Trinajstić information content (AvgIpc) is 3.19. The number of amides is 2. The predicted octanol–water partition coefficient (Wildman–Crippen LogP) is 3.14. The van der Waals surface area contributed by atoms with E-state index in [1.54, 1.807) is 17.5 Å². The topological polar surface area (TPSA) is 61.4 Å². The highest BCUT2D eigenvalue weighted by atomic mass is 32.1. The third-order valence-electron chi connectivity index (χ3n) is 4.55. The lowest BCUT2D eigenvalue weighted by Crippen LogP contribution is -2.34. The maximum absolute atomic E-state index is 12.4. The van der Waals surface area contributed by atoms with Crippen LogP contribution in [0.2, 0.25) is 0 Å². The third-order valence-corrected chi connectivity index (χ3v) is 5.47. The standard InChI is InChI=1S/C18H25N5OS/c1-13-4-5-17(19-8-13)21-18(24)23-7-6-15(10-23)9-22(3)11-16-14(2)20-12-25-16/h4-5,8,12,15H,6-7,9-11H2,1-3H3,(H,19,21,24)/t15-/m0/s1. The Hall–Kier alpha value is -1.99. The first-order valence-corrected chi connectivity index (χ1v) is 9.45. The number of nitrogens with one attached hydrogen (secondary N) is 1. The van der Waals surface area contributed by atoms with E-state index in [1.807, 2.05) is 29.5 Å². The summed E-state index contributed by atoms with van der Waals surface area (Å²) in [6.07, 6.45) is 2.81. The number of aromatic nitrogens is 2. The molecule has 7 heteroatoms. The van der Waals surface area contributed by atoms with Crippen LogP contribution in [-0.2, 0) is 6.54 Å². The van der Waals surface area contributed by atoms with Crippen LogP contribution in [-0.4, -0.2) is 52.5 Å². The van der Waals surface area contributed by atoms with Crippen LogP contribution in [0.25, 0.3) is 0 Å². The second-order valence-corrected chi connectivity index (χ2v) is 7.75. The van der Waals surface area contributed by atoms with Gasteiger partial charge in [0.15, 0.2) is 0 Å². The number of rotatable bonds is 5. The Bertz CT molecular complexity index is 715. The Balaban J connectivity index is 1.47. The number of urea groups is 1. The zero-order valence-electron chi connectivity index (χ0n) is 15.0. The van der Waals surface area contributed by atoms with E-state index in [0.717, 1.165) is 43.9 Å². The van der Waals surface area contributed by atoms with Gasteiger partial charge < -0.3 is 9.80 Å². The molecule has 0 saturated carbocycles. The lowest BCUT2D eigenvalue weighted by atomic mass is 10.1. The number of hydrogen-bond acceptors (Lipinski definition) is 5. The van der Waals surface area contributed by atoms with Gasteiger partial charge in [0.25, 0.3) is 0 Å². The molecule has 6 nitrogen and oxygen atoms in total. The largest absolute Gasteiger partial charge is 0.324 e. The normalized spacial score (nSPS) is 17.3. The highest BCUT2D eigenvalue weighted by Crippen LogP contribution is 2.20. The summed E-state index contributed by atoms with van der Waals surface area (Å²) in [5, 5.41) is 2.88. The van der Waals surface area contributed by atoms with Crippen molar-refractivity contribution in [2.45, 2.75) is 26.8 Å². The van der Waals surface area contributed by atoms with Crippen molar-refractivity contribution < 1.29 is 4.79 Å². The SMILES string of the molecule is Cc1ccc(NC(=O)N2CC[C@@H](CN(C)Cc3scnc3C)C2)nc1. The molecule has 1 aliphatic rings. The van der Waals surface area contributed by atoms with Crippen molar-refractivity contribution in [1.29, 1.82) is 0 Å². The third kappa shape index (κ3) is 4.76. The molecule has 0 aliphatic carbocycles. The van der Waals surface area contributed by atoms with Crippen LogP contribution in [0.3, 0.4) is 0 Å². The number of carbonyl (C=O) groups excluding carboxylic acids is 1. The molecule has 0 unspecified atom stereocenters. The van der Waals surface area contributed by atoms with Crippen LogP contribution in [0.1, 0.15) is 22.6 Å². The van der Waals surface area contributed by atoms with Gasteiger partial charge in [0.2, 0.25) is 0 Å². The lowest BCUT2D eigenvalue weighted by Gasteiger charge is -2.21. The maximum atomic E-state index is 12.4. The smallest absolute Gasteiger partial charge is 0.323 e. The molecule has 2 aromatic heterocycles. The summed E-state index contributed by atoms with van der Waals surface area (Å²) in [5.74, 6) is 1.12. The first-order chi connectivity index (χ1) is 12.0. The maximum Gasteiger partial charge on any atom is 0.323 e. The molecule has 0 aromatic carbocycles. The van der Waals surface area contributed by atoms with Crippen molar-refractivity contribution in [1.82, 2.24) is 19.8 Å². The van der Waals surface area contributed by atoms with Gasteiger partial charge in [0, 0.05) is 37.3 Å². The van der Waals surface area contributed by atoms with Crippen molar-refractivity contribution in [2.75, 3.05) is 32.0 Å². The van der Waals surface area contributed by atoms with E-state index in [-0.39, 0.29) is 6.03 Å². The molecular weight excluding hydrogens is 334 g/mol. The van der Waals surface area contributed by atoms with Gasteiger partial charge in [-0.3, -0.25) is 5.32 Å². The molecule has 1 N–H and O–H groups in total. The molecule has 0 spiro atoms. The summed E-state index contributed by atoms with van der Waals surface area (Å²) < 4.78 is 0. The number of thiazole rings is 1. The van der Waals surface area contributed by atoms with Crippen molar-refractivity contribution in [3.05, 3.63) is 40.0 Å². The molecule has 25 heavy (non-hydrogen) atoms. The second-order valence-electron chi connectivity index (χ2n) is 6.81. The summed E-state index contributed by atoms with van der Waals surface area (Å²) in [6.45, 7) is 7.55. The number of aryl methyl sites for hydroxylation is 2. The molecule has 0 radical (unpaired) electrons. The van der Waals surface area contributed by atoms with Crippen LogP contribution in [0.15, 0.2) is 23.8 Å². The molecule has 0 bridgehead atoms. The summed E-state index contributed by atoms with van der Waals surface area (Å²) in [6, 6.07) is 3.73. The van der Waals surface area contributed by atoms with Crippen LogP contribution in [0.5, 0.6) is 0 Å². The predicted molar refractivity (Wildman–Crippen MR) is 101 cm³/mol. The van der Waals surface area contributed by atoms with Gasteiger partial charge in [0.05, 0.1) is 11.2 Å². The number of nitrogens with zero attached hydrogens (tertiary/aromatic N) is 4. The van der Waals surface area contributed by atoms with Crippen LogP contribution < -0.4 is 5.32 Å². The lowest BCUT2D eigenvalue weighted by molar-refractivity contribution is 0.217. The van der Waals surface area contributed by atoms with E-state index in [1.165, 1.54) is 4.88 Å². The minimum absolute atomic E-state index is 0.0557. The minimum Gasteiger partial charge on any atom is -0.324 e. The van der Waals surface area contributed by atoms with Gasteiger partial charge in [-0.05, 0) is 44.9 Å². The van der Waals surface area contributed by atoms with Gasteiger partial charge >= 0.3 is 6.03 Å². The molecule has 134 valence electrons. The first-order valence-electron chi connectivity index (χ1n) is 8.57. The van der Waals surface area contributed by atoms with Gasteiger partial charge in [0.1, 0.15) is 5.82 Å². The molecule has 2 amide bonds. The molecule has 1 fully saturated rings. The highest BCUT2D eigenvalue weighted by molar-refractivity contribution is 7.09. The molecule has 1 atom stereocenters. The molecule has 3 heterocycles. The Morgan fingerprint density at radius 1 is 1.40 bits per heavy atom. The summed E-state index contributed by atoms with van der Waals surface area (Å²) in [4.78, 5) is 26.5. The molecule has 1 aliphatic heterocycles. The van der Waals surface area contributed by atoms with E-state index in [9.17, 15) is 4.79 Å². The number of pyridine rings is 1. The second kappa shape index (κ2) is 7.93. The van der Waals surface area contributed by atoms with E-state index in [2.05, 4.69) is 34.2 Å². The summed E-state index contributed by atoms with van der Waals surface area (Å²) in [7, 11) is 2.14. The summed E-state index contributed by atoms with van der Waals surface area (Å²) in [5.41, 5.74) is 4.10. The van der Waals surface area contributed by atoms with Crippen molar-refractivity contribution in [2.24, 2.45) is 5.92 Å². The van der Waals surface area contributed by atoms with E-state index >= 15 is 0 Å². The van der Waals surface area contributed by atoms with E-state index < -0.39 is 0 Å². The quantitative estimate of drug-likeness (QED) is 0.891. The van der Waals surface area contributed by atoms with Crippen LogP contribution in [0, 0.1) is 19.8 Å². The Morgan fingerprint density at radius 2 is 2.24 bits per heavy atom.